The molecule has 0 fully saturated rings. The Morgan fingerprint density at radius 3 is 2.50 bits per heavy atom. The Morgan fingerprint density at radius 2 is 2.00 bits per heavy atom. The van der Waals surface area contributed by atoms with E-state index in [-0.39, 0.29) is 21.4 Å². The van der Waals surface area contributed by atoms with Gasteiger partial charge in [0.15, 0.2) is 0 Å². The molecule has 0 saturated carbocycles. The Hall–Kier alpha value is -1.11. The van der Waals surface area contributed by atoms with Crippen LogP contribution in [-0.2, 0) is 10.0 Å². The number of nitrogens with two attached hydrogens (primary N) is 1. The second-order valence-corrected chi connectivity index (χ2v) is 6.67. The van der Waals surface area contributed by atoms with Crippen LogP contribution in [0.2, 0.25) is 5.02 Å². The summed E-state index contributed by atoms with van der Waals surface area (Å²) in [6, 6.07) is 2.54. The molecule has 0 saturated heterocycles. The summed E-state index contributed by atoms with van der Waals surface area (Å²) in [5, 5.41) is 5.30. The van der Waals surface area contributed by atoms with Gasteiger partial charge in [0.05, 0.1) is 4.90 Å². The van der Waals surface area contributed by atoms with Crippen LogP contribution >= 0.6 is 11.6 Å². The minimum atomic E-state index is -3.90. The zero-order chi connectivity index (χ0) is 15.5. The van der Waals surface area contributed by atoms with E-state index < -0.39 is 10.0 Å². The molecule has 1 amide bonds. The van der Waals surface area contributed by atoms with Gasteiger partial charge in [-0.15, -0.1) is 0 Å². The largest absolute Gasteiger partial charge is 0.342 e. The van der Waals surface area contributed by atoms with Crippen molar-refractivity contribution in [2.75, 3.05) is 13.6 Å². The molecule has 0 heterocycles. The first-order chi connectivity index (χ1) is 9.18. The Bertz CT molecular complexity index is 614. The molecule has 0 aromatic heterocycles. The molecule has 1 rings (SSSR count). The first-order valence-corrected chi connectivity index (χ1v) is 8.19. The first kappa shape index (κ1) is 16.9. The topological polar surface area (TPSA) is 80.5 Å². The lowest BCUT2D eigenvalue weighted by Gasteiger charge is -2.19. The normalized spacial score (nSPS) is 11.4. The van der Waals surface area contributed by atoms with E-state index in [1.165, 1.54) is 12.1 Å². The number of carbonyl (C=O) groups is 1. The van der Waals surface area contributed by atoms with Crippen molar-refractivity contribution in [2.24, 2.45) is 5.14 Å². The van der Waals surface area contributed by atoms with Gasteiger partial charge in [-0.25, -0.2) is 13.6 Å². The Labute approximate surface area is 124 Å². The molecule has 5 nitrogen and oxygen atoms in total. The fourth-order valence-electron chi connectivity index (χ4n) is 1.74. The van der Waals surface area contributed by atoms with Crippen molar-refractivity contribution >= 4 is 27.5 Å². The van der Waals surface area contributed by atoms with Gasteiger partial charge in [0, 0.05) is 24.2 Å². The van der Waals surface area contributed by atoms with Crippen LogP contribution in [0.25, 0.3) is 0 Å². The number of nitrogens with zero attached hydrogens (tertiary/aromatic N) is 1. The highest BCUT2D eigenvalue weighted by atomic mass is 35.5. The SMILES string of the molecule is CCCCN(C)C(=O)c1cc(S(N)(=O)=O)cc(Cl)c1C. The van der Waals surface area contributed by atoms with Crippen molar-refractivity contribution in [1.82, 2.24) is 4.90 Å². The Balaban J connectivity index is 3.24. The molecule has 20 heavy (non-hydrogen) atoms. The Kier molecular flexibility index (Phi) is 5.56. The third-order valence-electron chi connectivity index (χ3n) is 3.07. The number of halogens is 1. The van der Waals surface area contributed by atoms with Crippen molar-refractivity contribution in [3.8, 4) is 0 Å². The maximum Gasteiger partial charge on any atom is 0.253 e. The summed E-state index contributed by atoms with van der Waals surface area (Å²) in [5.74, 6) is -0.261. The molecular weight excluding hydrogens is 300 g/mol. The van der Waals surface area contributed by atoms with Crippen LogP contribution in [0.1, 0.15) is 35.7 Å². The third kappa shape index (κ3) is 3.94. The quantitative estimate of drug-likeness (QED) is 0.903. The molecule has 0 bridgehead atoms. The summed E-state index contributed by atoms with van der Waals surface area (Å²) in [6.07, 6.45) is 1.85. The second-order valence-electron chi connectivity index (χ2n) is 4.70. The summed E-state index contributed by atoms with van der Waals surface area (Å²) >= 11 is 5.99. The molecule has 0 spiro atoms. The molecular formula is C13H19ClN2O3S. The van der Waals surface area contributed by atoms with E-state index in [2.05, 4.69) is 0 Å². The number of hydrogen-bond acceptors (Lipinski definition) is 3. The average Bonchev–Trinajstić information content (AvgIpc) is 2.36. The van der Waals surface area contributed by atoms with Crippen molar-refractivity contribution < 1.29 is 13.2 Å². The van der Waals surface area contributed by atoms with Crippen molar-refractivity contribution in [2.45, 2.75) is 31.6 Å². The Morgan fingerprint density at radius 1 is 1.40 bits per heavy atom. The lowest BCUT2D eigenvalue weighted by molar-refractivity contribution is 0.0792. The second kappa shape index (κ2) is 6.56. The van der Waals surface area contributed by atoms with Gasteiger partial charge in [0.1, 0.15) is 0 Å². The zero-order valence-corrected chi connectivity index (χ0v) is 13.4. The third-order valence-corrected chi connectivity index (χ3v) is 4.36. The molecule has 0 atom stereocenters. The number of unbranched alkanes of at least 4 members (excludes halogenated alkanes) is 1. The lowest BCUT2D eigenvalue weighted by atomic mass is 10.1. The van der Waals surface area contributed by atoms with E-state index in [0.29, 0.717) is 12.1 Å². The molecule has 7 heteroatoms. The molecule has 0 aliphatic rings. The molecule has 0 aliphatic heterocycles. The van der Waals surface area contributed by atoms with E-state index in [0.717, 1.165) is 12.8 Å². The molecule has 0 radical (unpaired) electrons. The van der Waals surface area contributed by atoms with Crippen LogP contribution in [0.4, 0.5) is 0 Å². The van der Waals surface area contributed by atoms with Gasteiger partial charge in [-0.1, -0.05) is 24.9 Å². The highest BCUT2D eigenvalue weighted by molar-refractivity contribution is 7.89. The highest BCUT2D eigenvalue weighted by Crippen LogP contribution is 2.24. The van der Waals surface area contributed by atoms with Crippen LogP contribution in [0.15, 0.2) is 17.0 Å². The number of primary sulfonamides is 1. The van der Waals surface area contributed by atoms with Gasteiger partial charge >= 0.3 is 0 Å². The summed E-state index contributed by atoms with van der Waals surface area (Å²) in [6.45, 7) is 4.31. The molecule has 1 aromatic rings. The summed E-state index contributed by atoms with van der Waals surface area (Å²) in [7, 11) is -2.22. The van der Waals surface area contributed by atoms with E-state index in [9.17, 15) is 13.2 Å². The van der Waals surface area contributed by atoms with Gasteiger partial charge in [-0.2, -0.15) is 0 Å². The summed E-state index contributed by atoms with van der Waals surface area (Å²) in [5.41, 5.74) is 0.813. The van der Waals surface area contributed by atoms with Gasteiger partial charge in [-0.05, 0) is 31.0 Å². The molecule has 2 N–H and O–H groups in total. The van der Waals surface area contributed by atoms with Crippen LogP contribution in [0.5, 0.6) is 0 Å². The zero-order valence-electron chi connectivity index (χ0n) is 11.8. The average molecular weight is 319 g/mol. The van der Waals surface area contributed by atoms with Crippen LogP contribution < -0.4 is 5.14 Å². The smallest absolute Gasteiger partial charge is 0.253 e. The standard InChI is InChI=1S/C13H19ClN2O3S/c1-4-5-6-16(3)13(17)11-7-10(20(15,18)19)8-12(14)9(11)2/h7-8H,4-6H2,1-3H3,(H2,15,18,19). The van der Waals surface area contributed by atoms with Crippen molar-refractivity contribution in [3.63, 3.8) is 0 Å². The maximum absolute atomic E-state index is 12.3. The number of amides is 1. The molecule has 0 aliphatic carbocycles. The van der Waals surface area contributed by atoms with Crippen LogP contribution in [0, 0.1) is 6.92 Å². The predicted octanol–water partition coefficient (Wildman–Crippen LogP) is 2.17. The fraction of sp³-hybridized carbons (Fsp3) is 0.462. The number of sulfonamides is 1. The molecule has 0 unspecified atom stereocenters. The number of hydrogen-bond donors (Lipinski definition) is 1. The van der Waals surface area contributed by atoms with Gasteiger partial charge < -0.3 is 4.90 Å². The molecule has 112 valence electrons. The fourth-order valence-corrected chi connectivity index (χ4v) is 2.59. The van der Waals surface area contributed by atoms with E-state index in [1.54, 1.807) is 18.9 Å². The lowest BCUT2D eigenvalue weighted by Crippen LogP contribution is -2.28. The summed E-state index contributed by atoms with van der Waals surface area (Å²) < 4.78 is 22.8. The van der Waals surface area contributed by atoms with E-state index in [1.807, 2.05) is 6.92 Å². The van der Waals surface area contributed by atoms with Crippen molar-refractivity contribution in [3.05, 3.63) is 28.3 Å². The highest BCUT2D eigenvalue weighted by Gasteiger charge is 2.20. The molecule has 1 aromatic carbocycles. The first-order valence-electron chi connectivity index (χ1n) is 6.27. The van der Waals surface area contributed by atoms with E-state index >= 15 is 0 Å². The van der Waals surface area contributed by atoms with Crippen LogP contribution in [0.3, 0.4) is 0 Å². The number of rotatable bonds is 5. The van der Waals surface area contributed by atoms with Crippen molar-refractivity contribution in [1.29, 1.82) is 0 Å². The van der Waals surface area contributed by atoms with E-state index in [4.69, 9.17) is 16.7 Å². The monoisotopic (exact) mass is 318 g/mol. The minimum absolute atomic E-state index is 0.152. The van der Waals surface area contributed by atoms with Gasteiger partial charge in [-0.3, -0.25) is 4.79 Å². The summed E-state index contributed by atoms with van der Waals surface area (Å²) in [4.78, 5) is 13.7. The van der Waals surface area contributed by atoms with Crippen LogP contribution in [-0.4, -0.2) is 32.8 Å². The number of carbonyl (C=O) groups excluding carboxylic acids is 1. The predicted molar refractivity (Wildman–Crippen MR) is 79.4 cm³/mol. The van der Waals surface area contributed by atoms with Gasteiger partial charge in [0.2, 0.25) is 10.0 Å². The minimum Gasteiger partial charge on any atom is -0.342 e. The maximum atomic E-state index is 12.3. The van der Waals surface area contributed by atoms with Gasteiger partial charge in [0.25, 0.3) is 5.91 Å². The number of benzene rings is 1.